The molecule has 4 rings (SSSR count). The number of methoxy groups -OCH3 is 1. The fraction of sp³-hybridized carbons (Fsp3) is 0.476. The zero-order valence-electron chi connectivity index (χ0n) is 15.6. The predicted octanol–water partition coefficient (Wildman–Crippen LogP) is 3.58. The molecule has 2 aromatic rings. The Balaban J connectivity index is 1.96. The van der Waals surface area contributed by atoms with Gasteiger partial charge >= 0.3 is 0 Å². The van der Waals surface area contributed by atoms with Gasteiger partial charge in [0.1, 0.15) is 18.3 Å². The number of carbonyl (C=O) groups excluding carboxylic acids is 1. The molecule has 138 valence electrons. The van der Waals surface area contributed by atoms with E-state index in [1.54, 1.807) is 13.2 Å². The molecular formula is C21H26N2O3. The quantitative estimate of drug-likeness (QED) is 0.676. The van der Waals surface area contributed by atoms with E-state index >= 15 is 0 Å². The summed E-state index contributed by atoms with van der Waals surface area (Å²) in [5.74, 6) is 0.474. The number of phenols is 1. The molecule has 1 aromatic heterocycles. The largest absolute Gasteiger partial charge is 0.508 e. The minimum atomic E-state index is -0.123. The molecule has 0 saturated carbocycles. The third-order valence-electron chi connectivity index (χ3n) is 6.19. The molecule has 0 saturated heterocycles. The zero-order chi connectivity index (χ0) is 18.4. The lowest BCUT2D eigenvalue weighted by molar-refractivity contribution is -0.105. The van der Waals surface area contributed by atoms with Crippen molar-refractivity contribution in [3.8, 4) is 5.75 Å². The van der Waals surface area contributed by atoms with Gasteiger partial charge in [0, 0.05) is 24.7 Å². The van der Waals surface area contributed by atoms with Crippen molar-refractivity contribution in [1.82, 2.24) is 9.47 Å². The molecule has 0 bridgehead atoms. The summed E-state index contributed by atoms with van der Waals surface area (Å²) in [5.41, 5.74) is 4.57. The Morgan fingerprint density at radius 3 is 2.85 bits per heavy atom. The Morgan fingerprint density at radius 2 is 2.15 bits per heavy atom. The first-order chi connectivity index (χ1) is 12.6. The van der Waals surface area contributed by atoms with Crippen molar-refractivity contribution in [3.05, 3.63) is 41.1 Å². The number of fused-ring (bicyclic) bond motifs is 3. The summed E-state index contributed by atoms with van der Waals surface area (Å²) in [6.45, 7) is 2.91. The van der Waals surface area contributed by atoms with E-state index < -0.39 is 0 Å². The maximum absolute atomic E-state index is 11.6. The Morgan fingerprint density at radius 1 is 1.35 bits per heavy atom. The standard InChI is InChI=1S/C21H26N2O3/c1-4-13(12-24)14-9-19-21-16(7-8-22(19)2)17-11-15(25)5-6-18(17)23(21)20(10-14)26-3/h4-6,11-12,14,19-20,25H,7-10H2,1-3H3/t14-,19+,20+/m1/s1. The van der Waals surface area contributed by atoms with Crippen molar-refractivity contribution in [2.75, 3.05) is 20.7 Å². The smallest absolute Gasteiger partial charge is 0.145 e. The average molecular weight is 354 g/mol. The molecule has 1 aromatic carbocycles. The van der Waals surface area contributed by atoms with E-state index in [1.165, 1.54) is 11.3 Å². The summed E-state index contributed by atoms with van der Waals surface area (Å²) in [5, 5.41) is 11.1. The number of aldehydes is 1. The maximum Gasteiger partial charge on any atom is 0.145 e. The van der Waals surface area contributed by atoms with Crippen LogP contribution in [0.3, 0.4) is 0 Å². The van der Waals surface area contributed by atoms with Crippen molar-refractivity contribution < 1.29 is 14.6 Å². The first-order valence-corrected chi connectivity index (χ1v) is 9.29. The zero-order valence-corrected chi connectivity index (χ0v) is 15.6. The summed E-state index contributed by atoms with van der Waals surface area (Å²) in [6, 6.07) is 5.85. The Kier molecular flexibility index (Phi) is 4.37. The molecule has 3 heterocycles. The number of benzene rings is 1. The molecule has 0 amide bonds. The summed E-state index contributed by atoms with van der Waals surface area (Å²) in [7, 11) is 3.90. The highest BCUT2D eigenvalue weighted by Crippen LogP contribution is 2.47. The number of likely N-dealkylation sites (N-methyl/N-ethyl adjacent to an activating group) is 1. The van der Waals surface area contributed by atoms with E-state index in [9.17, 15) is 9.90 Å². The number of aromatic nitrogens is 1. The number of nitrogens with zero attached hydrogens (tertiary/aromatic N) is 2. The molecule has 2 aliphatic heterocycles. The van der Waals surface area contributed by atoms with Crippen LogP contribution in [0.25, 0.3) is 10.9 Å². The average Bonchev–Trinajstić information content (AvgIpc) is 2.84. The second kappa shape index (κ2) is 6.56. The number of aromatic hydroxyl groups is 1. The van der Waals surface area contributed by atoms with Crippen molar-refractivity contribution in [2.45, 2.75) is 38.5 Å². The van der Waals surface area contributed by atoms with Crippen LogP contribution in [-0.2, 0) is 16.0 Å². The minimum absolute atomic E-state index is 0.123. The molecule has 0 radical (unpaired) electrons. The fourth-order valence-electron chi connectivity index (χ4n) is 4.86. The molecule has 0 unspecified atom stereocenters. The van der Waals surface area contributed by atoms with Crippen LogP contribution in [0, 0.1) is 5.92 Å². The van der Waals surface area contributed by atoms with Crippen LogP contribution < -0.4 is 0 Å². The SMILES string of the molecule is CC=C(C=O)[C@H]1C[C@H](OC)n2c3c(c4cc(O)ccc42)CCN(C)[C@H]3C1. The molecular weight excluding hydrogens is 328 g/mol. The van der Waals surface area contributed by atoms with Gasteiger partial charge in [0.2, 0.25) is 0 Å². The monoisotopic (exact) mass is 354 g/mol. The van der Waals surface area contributed by atoms with Gasteiger partial charge in [-0.3, -0.25) is 9.69 Å². The molecule has 26 heavy (non-hydrogen) atoms. The van der Waals surface area contributed by atoms with Crippen LogP contribution in [0.2, 0.25) is 0 Å². The van der Waals surface area contributed by atoms with E-state index in [4.69, 9.17) is 4.74 Å². The van der Waals surface area contributed by atoms with E-state index in [2.05, 4.69) is 16.5 Å². The summed E-state index contributed by atoms with van der Waals surface area (Å²) in [4.78, 5) is 14.0. The number of allylic oxidation sites excluding steroid dienone is 2. The maximum atomic E-state index is 11.6. The molecule has 0 fully saturated rings. The first kappa shape index (κ1) is 17.3. The Labute approximate surface area is 153 Å². The van der Waals surface area contributed by atoms with E-state index in [0.717, 1.165) is 48.6 Å². The van der Waals surface area contributed by atoms with Gasteiger partial charge in [0.25, 0.3) is 0 Å². The minimum Gasteiger partial charge on any atom is -0.508 e. The van der Waals surface area contributed by atoms with E-state index in [0.29, 0.717) is 5.75 Å². The van der Waals surface area contributed by atoms with Gasteiger partial charge in [0.05, 0.1) is 11.6 Å². The van der Waals surface area contributed by atoms with Crippen LogP contribution in [0.5, 0.6) is 5.75 Å². The highest BCUT2D eigenvalue weighted by Gasteiger charge is 2.39. The lowest BCUT2D eigenvalue weighted by Crippen LogP contribution is -2.33. The first-order valence-electron chi connectivity index (χ1n) is 9.29. The molecule has 2 aliphatic rings. The van der Waals surface area contributed by atoms with Gasteiger partial charge in [-0.1, -0.05) is 6.08 Å². The van der Waals surface area contributed by atoms with Gasteiger partial charge in [-0.05, 0) is 68.5 Å². The van der Waals surface area contributed by atoms with Crippen LogP contribution in [0.4, 0.5) is 0 Å². The summed E-state index contributed by atoms with van der Waals surface area (Å²) in [6.07, 6.45) is 5.45. The lowest BCUT2D eigenvalue weighted by Gasteiger charge is -2.34. The summed E-state index contributed by atoms with van der Waals surface area (Å²) >= 11 is 0. The number of phenolic OH excluding ortho intramolecular Hbond substituents is 1. The molecule has 5 heteroatoms. The Bertz CT molecular complexity index is 883. The highest BCUT2D eigenvalue weighted by atomic mass is 16.5. The molecule has 3 atom stereocenters. The van der Waals surface area contributed by atoms with E-state index in [-0.39, 0.29) is 18.2 Å². The van der Waals surface area contributed by atoms with Crippen molar-refractivity contribution >= 4 is 17.2 Å². The molecule has 0 aliphatic carbocycles. The number of ether oxygens (including phenoxy) is 1. The second-order valence-electron chi connectivity index (χ2n) is 7.45. The molecule has 0 spiro atoms. The van der Waals surface area contributed by atoms with Crippen molar-refractivity contribution in [1.29, 1.82) is 0 Å². The number of rotatable bonds is 3. The molecule has 1 N–H and O–H groups in total. The van der Waals surface area contributed by atoms with Gasteiger partial charge in [-0.15, -0.1) is 0 Å². The van der Waals surface area contributed by atoms with Gasteiger partial charge < -0.3 is 14.4 Å². The van der Waals surface area contributed by atoms with Crippen LogP contribution in [0.1, 0.15) is 43.3 Å². The molecule has 5 nitrogen and oxygen atoms in total. The van der Waals surface area contributed by atoms with Gasteiger partial charge in [0.15, 0.2) is 0 Å². The third-order valence-corrected chi connectivity index (χ3v) is 6.19. The highest BCUT2D eigenvalue weighted by molar-refractivity contribution is 5.87. The van der Waals surface area contributed by atoms with Gasteiger partial charge in [-0.2, -0.15) is 0 Å². The van der Waals surface area contributed by atoms with Gasteiger partial charge in [-0.25, -0.2) is 0 Å². The van der Waals surface area contributed by atoms with Crippen molar-refractivity contribution in [2.24, 2.45) is 5.92 Å². The van der Waals surface area contributed by atoms with Crippen LogP contribution >= 0.6 is 0 Å². The third kappa shape index (κ3) is 2.49. The normalized spacial score (nSPS) is 26.6. The lowest BCUT2D eigenvalue weighted by atomic mass is 9.86. The predicted molar refractivity (Wildman–Crippen MR) is 101 cm³/mol. The summed E-state index contributed by atoms with van der Waals surface area (Å²) < 4.78 is 8.22. The Hall–Kier alpha value is -2.11. The topological polar surface area (TPSA) is 54.7 Å². The number of hydrogen-bond donors (Lipinski definition) is 1. The van der Waals surface area contributed by atoms with Crippen molar-refractivity contribution in [3.63, 3.8) is 0 Å². The van der Waals surface area contributed by atoms with Crippen LogP contribution in [0.15, 0.2) is 29.8 Å². The van der Waals surface area contributed by atoms with E-state index in [1.807, 2.05) is 25.1 Å². The fourth-order valence-corrected chi connectivity index (χ4v) is 4.86. The number of carbonyl (C=O) groups is 1. The second-order valence-corrected chi connectivity index (χ2v) is 7.45. The number of hydrogen-bond acceptors (Lipinski definition) is 4. The van der Waals surface area contributed by atoms with Crippen LogP contribution in [-0.4, -0.2) is 41.6 Å².